The average molecular weight is 244 g/mol. The predicted molar refractivity (Wildman–Crippen MR) is 63.8 cm³/mol. The second kappa shape index (κ2) is 3.29. The number of hydrogen-bond acceptors (Lipinski definition) is 6. The standard InChI is InChI=1S/C10H8N6O2/c11-8-7-9(14-10(12)13-8)16(18)6-4-2-1-3-5(6)15(7)17/h1-4H,(H4,11,12,13,14). The summed E-state index contributed by atoms with van der Waals surface area (Å²) in [6.07, 6.45) is 0. The van der Waals surface area contributed by atoms with Crippen LogP contribution in [0.2, 0.25) is 0 Å². The van der Waals surface area contributed by atoms with Crippen LogP contribution in [0.3, 0.4) is 0 Å². The van der Waals surface area contributed by atoms with Crippen molar-refractivity contribution in [2.75, 3.05) is 11.5 Å². The fraction of sp³-hybridized carbons (Fsp3) is 0. The van der Waals surface area contributed by atoms with Gasteiger partial charge in [0.2, 0.25) is 11.3 Å². The molecule has 18 heavy (non-hydrogen) atoms. The number of para-hydroxylation sites is 2. The van der Waals surface area contributed by atoms with E-state index in [0.29, 0.717) is 9.46 Å². The van der Waals surface area contributed by atoms with E-state index in [1.807, 2.05) is 0 Å². The van der Waals surface area contributed by atoms with Gasteiger partial charge in [-0.2, -0.15) is 9.71 Å². The summed E-state index contributed by atoms with van der Waals surface area (Å²) < 4.78 is 1.06. The molecule has 1 aromatic carbocycles. The van der Waals surface area contributed by atoms with Gasteiger partial charge in [0.15, 0.2) is 0 Å². The molecule has 3 aromatic rings. The van der Waals surface area contributed by atoms with Crippen LogP contribution in [0.5, 0.6) is 0 Å². The third-order valence-corrected chi connectivity index (χ3v) is 2.62. The quantitative estimate of drug-likeness (QED) is 0.302. The maximum Gasteiger partial charge on any atom is 0.408 e. The van der Waals surface area contributed by atoms with Crippen LogP contribution in [-0.4, -0.2) is 9.97 Å². The molecule has 0 amide bonds. The Morgan fingerprint density at radius 2 is 1.56 bits per heavy atom. The van der Waals surface area contributed by atoms with Gasteiger partial charge < -0.3 is 21.9 Å². The zero-order valence-corrected chi connectivity index (χ0v) is 9.07. The summed E-state index contributed by atoms with van der Waals surface area (Å²) in [5.41, 5.74) is 11.2. The Labute approximate surface area is 100 Å². The Bertz CT molecular complexity index is 788. The van der Waals surface area contributed by atoms with E-state index in [9.17, 15) is 10.4 Å². The summed E-state index contributed by atoms with van der Waals surface area (Å²) in [6.45, 7) is 0. The van der Waals surface area contributed by atoms with Crippen molar-refractivity contribution in [1.29, 1.82) is 0 Å². The molecule has 0 aliphatic heterocycles. The van der Waals surface area contributed by atoms with Gasteiger partial charge in [-0.25, -0.2) is 4.73 Å². The van der Waals surface area contributed by atoms with Crippen LogP contribution in [0.15, 0.2) is 24.3 Å². The van der Waals surface area contributed by atoms with Crippen LogP contribution in [0.1, 0.15) is 0 Å². The number of nitrogen functional groups attached to an aromatic ring is 2. The number of aromatic nitrogens is 4. The zero-order chi connectivity index (χ0) is 12.9. The molecular weight excluding hydrogens is 236 g/mol. The molecule has 2 heterocycles. The molecule has 8 nitrogen and oxygen atoms in total. The molecule has 4 N–H and O–H groups in total. The molecule has 0 bridgehead atoms. The lowest BCUT2D eigenvalue weighted by Gasteiger charge is -2.09. The first-order valence-corrected chi connectivity index (χ1v) is 5.06. The highest BCUT2D eigenvalue weighted by Gasteiger charge is 2.25. The van der Waals surface area contributed by atoms with Gasteiger partial charge in [-0.3, -0.25) is 0 Å². The van der Waals surface area contributed by atoms with Crippen molar-refractivity contribution in [1.82, 2.24) is 9.97 Å². The Morgan fingerprint density at radius 3 is 2.22 bits per heavy atom. The molecule has 0 spiro atoms. The maximum atomic E-state index is 12.1. The first-order chi connectivity index (χ1) is 8.59. The van der Waals surface area contributed by atoms with Crippen LogP contribution in [0, 0.1) is 10.4 Å². The van der Waals surface area contributed by atoms with Gasteiger partial charge in [-0.15, -0.1) is 0 Å². The Balaban J connectivity index is 2.67. The lowest BCUT2D eigenvalue weighted by Crippen LogP contribution is -2.40. The Morgan fingerprint density at radius 1 is 0.944 bits per heavy atom. The van der Waals surface area contributed by atoms with Crippen molar-refractivity contribution in [3.63, 3.8) is 0 Å². The van der Waals surface area contributed by atoms with Crippen LogP contribution in [0.25, 0.3) is 22.2 Å². The summed E-state index contributed by atoms with van der Waals surface area (Å²) in [5, 5.41) is 24.2. The van der Waals surface area contributed by atoms with Gasteiger partial charge >= 0.3 is 17.1 Å². The molecule has 2 aromatic heterocycles. The average Bonchev–Trinajstić information content (AvgIpc) is 2.35. The first kappa shape index (κ1) is 10.3. The monoisotopic (exact) mass is 244 g/mol. The number of anilines is 2. The molecule has 90 valence electrons. The van der Waals surface area contributed by atoms with E-state index in [1.165, 1.54) is 12.1 Å². The van der Waals surface area contributed by atoms with Gasteiger partial charge in [0.25, 0.3) is 5.52 Å². The summed E-state index contributed by atoms with van der Waals surface area (Å²) in [5.74, 6) is -0.275. The summed E-state index contributed by atoms with van der Waals surface area (Å²) >= 11 is 0. The molecule has 0 unspecified atom stereocenters. The molecule has 3 rings (SSSR count). The van der Waals surface area contributed by atoms with Crippen molar-refractivity contribution < 1.29 is 9.46 Å². The van der Waals surface area contributed by atoms with Crippen molar-refractivity contribution in [3.8, 4) is 0 Å². The van der Waals surface area contributed by atoms with Crippen molar-refractivity contribution in [2.45, 2.75) is 0 Å². The van der Waals surface area contributed by atoms with Crippen molar-refractivity contribution >= 4 is 34.0 Å². The van der Waals surface area contributed by atoms with E-state index < -0.39 is 0 Å². The van der Waals surface area contributed by atoms with E-state index in [1.54, 1.807) is 12.1 Å². The second-order valence-corrected chi connectivity index (χ2v) is 3.72. The maximum absolute atomic E-state index is 12.1. The largest absolute Gasteiger partial charge is 0.710 e. The molecule has 0 radical (unpaired) electrons. The summed E-state index contributed by atoms with van der Waals surface area (Å²) in [4.78, 5) is 7.45. The normalized spacial score (nSPS) is 11.1. The van der Waals surface area contributed by atoms with Crippen LogP contribution < -0.4 is 20.9 Å². The third kappa shape index (κ3) is 1.19. The van der Waals surface area contributed by atoms with Gasteiger partial charge in [0, 0.05) is 11.1 Å². The molecule has 8 heteroatoms. The highest BCUT2D eigenvalue weighted by molar-refractivity contribution is 5.81. The number of rotatable bonds is 0. The highest BCUT2D eigenvalue weighted by atomic mass is 16.5. The topological polar surface area (TPSA) is 132 Å². The van der Waals surface area contributed by atoms with Crippen LogP contribution in [-0.2, 0) is 0 Å². The fourth-order valence-corrected chi connectivity index (χ4v) is 1.86. The fourth-order valence-electron chi connectivity index (χ4n) is 1.86. The number of benzene rings is 1. The molecular formula is C10H8N6O2. The van der Waals surface area contributed by atoms with E-state index in [2.05, 4.69) is 9.97 Å². The summed E-state index contributed by atoms with van der Waals surface area (Å²) in [7, 11) is 0. The van der Waals surface area contributed by atoms with Gasteiger partial charge in [0.05, 0.1) is 0 Å². The molecule has 0 fully saturated rings. The SMILES string of the molecule is Nc1nc(N)c2c(n1)[n+]([O-])c1ccccc1[n+]2[O-]. The predicted octanol–water partition coefficient (Wildman–Crippen LogP) is -0.786. The molecule has 0 saturated heterocycles. The van der Waals surface area contributed by atoms with E-state index in [4.69, 9.17) is 11.5 Å². The van der Waals surface area contributed by atoms with Crippen LogP contribution in [0.4, 0.5) is 11.8 Å². The number of fused-ring (bicyclic) bond motifs is 2. The summed E-state index contributed by atoms with van der Waals surface area (Å²) in [6, 6.07) is 6.34. The molecule has 0 aliphatic rings. The Hall–Kier alpha value is -2.90. The minimum Gasteiger partial charge on any atom is -0.710 e. The molecule has 0 saturated carbocycles. The van der Waals surface area contributed by atoms with E-state index in [-0.39, 0.29) is 34.0 Å². The Kier molecular flexibility index (Phi) is 1.88. The number of hydrogen-bond donors (Lipinski definition) is 2. The van der Waals surface area contributed by atoms with Crippen LogP contribution >= 0.6 is 0 Å². The molecule has 0 aliphatic carbocycles. The van der Waals surface area contributed by atoms with E-state index >= 15 is 0 Å². The lowest BCUT2D eigenvalue weighted by molar-refractivity contribution is -0.592. The first-order valence-electron chi connectivity index (χ1n) is 5.06. The molecule has 0 atom stereocenters. The highest BCUT2D eigenvalue weighted by Crippen LogP contribution is 2.15. The van der Waals surface area contributed by atoms with Gasteiger partial charge in [0.1, 0.15) is 0 Å². The zero-order valence-electron chi connectivity index (χ0n) is 9.07. The minimum atomic E-state index is -0.153. The number of nitrogens with two attached hydrogens (primary N) is 2. The number of nitrogens with zero attached hydrogens (tertiary/aromatic N) is 4. The van der Waals surface area contributed by atoms with Gasteiger partial charge in [-0.05, 0) is 6.07 Å². The van der Waals surface area contributed by atoms with Crippen molar-refractivity contribution in [2.24, 2.45) is 0 Å². The second-order valence-electron chi connectivity index (χ2n) is 3.72. The third-order valence-electron chi connectivity index (χ3n) is 2.62. The smallest absolute Gasteiger partial charge is 0.408 e. The van der Waals surface area contributed by atoms with Crippen molar-refractivity contribution in [3.05, 3.63) is 34.7 Å². The van der Waals surface area contributed by atoms with Gasteiger partial charge in [-0.1, -0.05) is 12.1 Å². The minimum absolute atomic E-state index is 0.0853. The van der Waals surface area contributed by atoms with E-state index in [0.717, 1.165) is 0 Å². The lowest BCUT2D eigenvalue weighted by atomic mass is 10.3.